The highest BCUT2D eigenvalue weighted by molar-refractivity contribution is 6.10. The van der Waals surface area contributed by atoms with Gasteiger partial charge in [0.2, 0.25) is 0 Å². The first kappa shape index (κ1) is 25.4. The molecule has 0 saturated heterocycles. The van der Waals surface area contributed by atoms with Crippen molar-refractivity contribution >= 4 is 17.5 Å². The van der Waals surface area contributed by atoms with Crippen LogP contribution in [0.4, 0.5) is 50.0 Å². The Kier molecular flexibility index (Phi) is 6.35. The number of anilines is 1. The predicted molar refractivity (Wildman–Crippen MR) is 103 cm³/mol. The summed E-state index contributed by atoms with van der Waals surface area (Å²) in [5, 5.41) is 9.44. The SMILES string of the molecule is CC1CC(=NCc2cc(C(F)(F)F)cc(C(F)(F)F)c2)c2cc(C(F)(F)F)ccc2N1C(=O)O. The van der Waals surface area contributed by atoms with E-state index >= 15 is 0 Å². The Balaban J connectivity index is 2.10. The lowest BCUT2D eigenvalue weighted by Crippen LogP contribution is -2.43. The Bertz CT molecular complexity index is 1100. The molecule has 1 amide bonds. The van der Waals surface area contributed by atoms with Crippen LogP contribution in [0.15, 0.2) is 41.4 Å². The molecule has 0 saturated carbocycles. The zero-order valence-corrected chi connectivity index (χ0v) is 17.1. The first-order chi connectivity index (χ1) is 15.5. The highest BCUT2D eigenvalue weighted by Gasteiger charge is 2.38. The van der Waals surface area contributed by atoms with Gasteiger partial charge in [0.1, 0.15) is 0 Å². The second-order valence-electron chi connectivity index (χ2n) is 7.61. The van der Waals surface area contributed by atoms with Gasteiger partial charge in [-0.1, -0.05) is 0 Å². The molecule has 184 valence electrons. The van der Waals surface area contributed by atoms with Gasteiger partial charge in [-0.3, -0.25) is 9.89 Å². The molecule has 34 heavy (non-hydrogen) atoms. The van der Waals surface area contributed by atoms with Crippen LogP contribution in [-0.4, -0.2) is 23.0 Å². The zero-order valence-electron chi connectivity index (χ0n) is 17.1. The van der Waals surface area contributed by atoms with Gasteiger partial charge < -0.3 is 5.11 Å². The molecule has 1 N–H and O–H groups in total. The molecular weight excluding hydrogens is 483 g/mol. The van der Waals surface area contributed by atoms with E-state index in [0.29, 0.717) is 24.3 Å². The average Bonchev–Trinajstić information content (AvgIpc) is 2.69. The molecule has 0 radical (unpaired) electrons. The summed E-state index contributed by atoms with van der Waals surface area (Å²) in [4.78, 5) is 16.4. The molecule has 1 aliphatic rings. The molecule has 1 heterocycles. The molecule has 2 aromatic rings. The summed E-state index contributed by atoms with van der Waals surface area (Å²) in [5.41, 5.74) is -5.10. The van der Waals surface area contributed by atoms with Gasteiger partial charge in [-0.05, 0) is 48.9 Å². The molecule has 1 aliphatic heterocycles. The molecule has 0 fully saturated rings. The number of alkyl halides is 9. The quantitative estimate of drug-likeness (QED) is 0.453. The van der Waals surface area contributed by atoms with Crippen molar-refractivity contribution in [1.82, 2.24) is 0 Å². The van der Waals surface area contributed by atoms with Crippen LogP contribution in [0.1, 0.15) is 41.2 Å². The monoisotopic (exact) mass is 498 g/mol. The summed E-state index contributed by atoms with van der Waals surface area (Å²) >= 11 is 0. The van der Waals surface area contributed by atoms with Gasteiger partial charge in [0.25, 0.3) is 0 Å². The number of nitrogens with zero attached hydrogens (tertiary/aromatic N) is 2. The van der Waals surface area contributed by atoms with E-state index in [9.17, 15) is 49.4 Å². The number of hydrogen-bond acceptors (Lipinski definition) is 2. The van der Waals surface area contributed by atoms with Crippen molar-refractivity contribution in [3.8, 4) is 0 Å². The topological polar surface area (TPSA) is 52.9 Å². The van der Waals surface area contributed by atoms with Gasteiger partial charge in [0.05, 0.1) is 28.9 Å². The second-order valence-corrected chi connectivity index (χ2v) is 7.61. The molecule has 4 nitrogen and oxygen atoms in total. The van der Waals surface area contributed by atoms with E-state index in [1.807, 2.05) is 0 Å². The first-order valence-electron chi connectivity index (χ1n) is 9.54. The van der Waals surface area contributed by atoms with Crippen molar-refractivity contribution in [2.24, 2.45) is 4.99 Å². The first-order valence-corrected chi connectivity index (χ1v) is 9.54. The number of fused-ring (bicyclic) bond motifs is 1. The van der Waals surface area contributed by atoms with Crippen LogP contribution >= 0.6 is 0 Å². The fraction of sp³-hybridized carbons (Fsp3) is 0.333. The molecule has 1 atom stereocenters. The van der Waals surface area contributed by atoms with E-state index < -0.39 is 59.5 Å². The highest BCUT2D eigenvalue weighted by Crippen LogP contribution is 2.38. The molecule has 13 heteroatoms. The number of benzene rings is 2. The molecule has 0 spiro atoms. The van der Waals surface area contributed by atoms with E-state index in [0.717, 1.165) is 11.0 Å². The summed E-state index contributed by atoms with van der Waals surface area (Å²) in [6.45, 7) is 0.744. The van der Waals surface area contributed by atoms with E-state index in [2.05, 4.69) is 4.99 Å². The lowest BCUT2D eigenvalue weighted by atomic mass is 9.93. The maximum atomic E-state index is 13.2. The van der Waals surface area contributed by atoms with Crippen molar-refractivity contribution in [3.05, 3.63) is 64.2 Å². The highest BCUT2D eigenvalue weighted by atomic mass is 19.4. The van der Waals surface area contributed by atoms with Crippen LogP contribution in [0.2, 0.25) is 0 Å². The summed E-state index contributed by atoms with van der Waals surface area (Å²) < 4.78 is 118. The Morgan fingerprint density at radius 2 is 1.44 bits per heavy atom. The summed E-state index contributed by atoms with van der Waals surface area (Å²) in [6, 6.07) is 2.37. The third-order valence-corrected chi connectivity index (χ3v) is 5.13. The van der Waals surface area contributed by atoms with Crippen LogP contribution in [0, 0.1) is 0 Å². The molecule has 2 aromatic carbocycles. The van der Waals surface area contributed by atoms with E-state index in [1.54, 1.807) is 0 Å². The van der Waals surface area contributed by atoms with Crippen LogP contribution in [0.5, 0.6) is 0 Å². The summed E-state index contributed by atoms with van der Waals surface area (Å²) in [5.74, 6) is 0. The fourth-order valence-corrected chi connectivity index (χ4v) is 3.61. The van der Waals surface area contributed by atoms with Gasteiger partial charge in [-0.2, -0.15) is 39.5 Å². The Labute approximate surface area is 186 Å². The Hall–Kier alpha value is -3.25. The minimum atomic E-state index is -5.07. The molecular formula is C21H15F9N2O2. The van der Waals surface area contributed by atoms with Crippen molar-refractivity contribution in [1.29, 1.82) is 0 Å². The van der Waals surface area contributed by atoms with Crippen molar-refractivity contribution in [2.75, 3.05) is 4.90 Å². The zero-order chi connectivity index (χ0) is 25.6. The van der Waals surface area contributed by atoms with Crippen molar-refractivity contribution in [2.45, 2.75) is 44.5 Å². The van der Waals surface area contributed by atoms with E-state index in [-0.39, 0.29) is 29.4 Å². The molecule has 0 aromatic heterocycles. The number of aliphatic imine (C=N–C) groups is 1. The number of rotatable bonds is 2. The van der Waals surface area contributed by atoms with Crippen LogP contribution in [0.25, 0.3) is 0 Å². The number of amides is 1. The predicted octanol–water partition coefficient (Wildman–Crippen LogP) is 7.01. The van der Waals surface area contributed by atoms with Gasteiger partial charge in [-0.25, -0.2) is 4.79 Å². The normalized spacial score (nSPS) is 18.2. The minimum absolute atomic E-state index is 0.0467. The van der Waals surface area contributed by atoms with Gasteiger partial charge in [0, 0.05) is 23.7 Å². The minimum Gasteiger partial charge on any atom is -0.465 e. The van der Waals surface area contributed by atoms with Crippen LogP contribution < -0.4 is 4.90 Å². The van der Waals surface area contributed by atoms with Crippen LogP contribution in [-0.2, 0) is 25.1 Å². The average molecular weight is 498 g/mol. The lowest BCUT2D eigenvalue weighted by Gasteiger charge is -2.34. The molecule has 1 unspecified atom stereocenters. The Morgan fingerprint density at radius 1 is 0.912 bits per heavy atom. The molecule has 0 aliphatic carbocycles. The summed E-state index contributed by atoms with van der Waals surface area (Å²) in [6.07, 6.45) is -16.6. The fourth-order valence-electron chi connectivity index (χ4n) is 3.61. The largest absolute Gasteiger partial charge is 0.465 e. The van der Waals surface area contributed by atoms with E-state index in [4.69, 9.17) is 0 Å². The maximum absolute atomic E-state index is 13.2. The van der Waals surface area contributed by atoms with Crippen LogP contribution in [0.3, 0.4) is 0 Å². The van der Waals surface area contributed by atoms with E-state index in [1.165, 1.54) is 6.92 Å². The molecule has 0 bridgehead atoms. The summed E-state index contributed by atoms with van der Waals surface area (Å²) in [7, 11) is 0. The Morgan fingerprint density at radius 3 is 1.91 bits per heavy atom. The molecule has 3 rings (SSSR count). The van der Waals surface area contributed by atoms with Crippen molar-refractivity contribution in [3.63, 3.8) is 0 Å². The smallest absolute Gasteiger partial charge is 0.416 e. The maximum Gasteiger partial charge on any atom is 0.416 e. The standard InChI is InChI=1S/C21H15F9N2O2/c1-10-4-16(15-8-12(19(22,23)24)2-3-17(15)32(10)18(33)34)31-9-11-5-13(20(25,26)27)7-14(6-11)21(28,29)30/h2-3,5-8,10H,4,9H2,1H3,(H,33,34). The number of hydrogen-bond donors (Lipinski definition) is 1. The third kappa shape index (κ3) is 5.28. The number of carboxylic acid groups (broad SMARTS) is 1. The third-order valence-electron chi connectivity index (χ3n) is 5.13. The van der Waals surface area contributed by atoms with Gasteiger partial charge in [0.15, 0.2) is 0 Å². The van der Waals surface area contributed by atoms with Crippen molar-refractivity contribution < 1.29 is 49.4 Å². The number of halogens is 9. The van der Waals surface area contributed by atoms with Gasteiger partial charge in [-0.15, -0.1) is 0 Å². The number of carbonyl (C=O) groups is 1. The van der Waals surface area contributed by atoms with Gasteiger partial charge >= 0.3 is 24.6 Å². The lowest BCUT2D eigenvalue weighted by molar-refractivity contribution is -0.143. The second kappa shape index (κ2) is 8.51.